The Balaban J connectivity index is 2.83. The summed E-state index contributed by atoms with van der Waals surface area (Å²) in [4.78, 5) is 0. The summed E-state index contributed by atoms with van der Waals surface area (Å²) in [6.45, 7) is 0. The molecular formula is C9H4BrF3O. The topological polar surface area (TPSA) is 13.1 Å². The molecule has 0 saturated heterocycles. The first-order valence-electron chi connectivity index (χ1n) is 3.72. The zero-order valence-corrected chi connectivity index (χ0v) is 8.32. The molecule has 2 rings (SSSR count). The number of furan rings is 1. The largest absolute Gasteiger partial charge is 0.471 e. The van der Waals surface area contributed by atoms with E-state index < -0.39 is 11.7 Å². The molecule has 0 atom stereocenters. The third-order valence-corrected chi connectivity index (χ3v) is 2.55. The molecule has 0 aliphatic carbocycles. The molecule has 0 aliphatic heterocycles. The van der Waals surface area contributed by atoms with Crippen molar-refractivity contribution in [1.29, 1.82) is 0 Å². The van der Waals surface area contributed by atoms with Gasteiger partial charge < -0.3 is 4.42 Å². The Morgan fingerprint density at radius 1 is 1.14 bits per heavy atom. The molecule has 1 nitrogen and oxygen atoms in total. The normalized spacial score (nSPS) is 12.3. The smallest absolute Gasteiger partial charge is 0.418 e. The van der Waals surface area contributed by atoms with E-state index in [1.165, 1.54) is 12.3 Å². The monoisotopic (exact) mass is 264 g/mol. The molecule has 1 heterocycles. The summed E-state index contributed by atoms with van der Waals surface area (Å²) in [5.74, 6) is 0. The highest BCUT2D eigenvalue weighted by atomic mass is 79.9. The second kappa shape index (κ2) is 3.02. The summed E-state index contributed by atoms with van der Waals surface area (Å²) in [6.07, 6.45) is -1.98. The highest BCUT2D eigenvalue weighted by Gasteiger charge is 2.35. The van der Waals surface area contributed by atoms with Gasteiger partial charge in [0.1, 0.15) is 0 Å². The first-order chi connectivity index (χ1) is 6.50. The maximum atomic E-state index is 12.6. The molecule has 74 valence electrons. The van der Waals surface area contributed by atoms with Crippen molar-refractivity contribution < 1.29 is 17.6 Å². The molecule has 1 aromatic heterocycles. The minimum atomic E-state index is -4.37. The summed E-state index contributed by atoms with van der Waals surface area (Å²) >= 11 is 2.88. The zero-order valence-electron chi connectivity index (χ0n) is 6.73. The van der Waals surface area contributed by atoms with E-state index in [1.54, 1.807) is 6.07 Å². The van der Waals surface area contributed by atoms with Gasteiger partial charge in [0, 0.05) is 15.2 Å². The van der Waals surface area contributed by atoms with Crippen molar-refractivity contribution in [2.24, 2.45) is 0 Å². The van der Waals surface area contributed by atoms with Crippen molar-refractivity contribution in [2.75, 3.05) is 0 Å². The van der Waals surface area contributed by atoms with Crippen LogP contribution in [0.5, 0.6) is 0 Å². The van der Waals surface area contributed by atoms with Crippen LogP contribution in [-0.4, -0.2) is 0 Å². The minimum Gasteiger partial charge on any atom is -0.471 e. The van der Waals surface area contributed by atoms with Crippen molar-refractivity contribution >= 4 is 26.7 Å². The molecule has 0 saturated carbocycles. The highest BCUT2D eigenvalue weighted by Crippen LogP contribution is 2.39. The van der Waals surface area contributed by atoms with Gasteiger partial charge in [-0.05, 0) is 6.07 Å². The molecule has 0 spiro atoms. The minimum absolute atomic E-state index is 0.0268. The van der Waals surface area contributed by atoms with Crippen molar-refractivity contribution in [3.8, 4) is 0 Å². The Labute approximate surface area is 85.6 Å². The van der Waals surface area contributed by atoms with Crippen LogP contribution in [-0.2, 0) is 6.18 Å². The van der Waals surface area contributed by atoms with Crippen molar-refractivity contribution in [3.05, 3.63) is 34.7 Å². The van der Waals surface area contributed by atoms with Crippen LogP contribution >= 0.6 is 15.9 Å². The van der Waals surface area contributed by atoms with Crippen LogP contribution < -0.4 is 0 Å². The van der Waals surface area contributed by atoms with Gasteiger partial charge in [-0.1, -0.05) is 22.0 Å². The molecule has 2 aromatic rings. The Kier molecular flexibility index (Phi) is 2.06. The molecule has 0 unspecified atom stereocenters. The van der Waals surface area contributed by atoms with Gasteiger partial charge in [-0.15, -0.1) is 0 Å². The molecule has 0 fully saturated rings. The predicted molar refractivity (Wildman–Crippen MR) is 48.9 cm³/mol. The fourth-order valence-corrected chi connectivity index (χ4v) is 1.87. The Bertz CT molecular complexity index is 472. The van der Waals surface area contributed by atoms with E-state index in [9.17, 15) is 13.2 Å². The van der Waals surface area contributed by atoms with Gasteiger partial charge in [-0.2, -0.15) is 13.2 Å². The lowest BCUT2D eigenvalue weighted by Gasteiger charge is -2.09. The molecule has 0 N–H and O–H groups in total. The number of halogens is 4. The first-order valence-corrected chi connectivity index (χ1v) is 4.51. The molecule has 0 aliphatic rings. The Morgan fingerprint density at radius 2 is 1.86 bits per heavy atom. The Morgan fingerprint density at radius 3 is 2.50 bits per heavy atom. The van der Waals surface area contributed by atoms with Crippen LogP contribution in [0.15, 0.2) is 33.5 Å². The average Bonchev–Trinajstić information content (AvgIpc) is 2.48. The highest BCUT2D eigenvalue weighted by molar-refractivity contribution is 9.10. The standard InChI is InChI=1S/C9H4BrF3O/c10-7-2-1-5-3-14-4-6(5)8(7)9(11,12)13/h1-4H. The van der Waals surface area contributed by atoms with Crippen LogP contribution in [0.2, 0.25) is 0 Å². The lowest BCUT2D eigenvalue weighted by molar-refractivity contribution is -0.136. The average molecular weight is 265 g/mol. The number of hydrogen-bond donors (Lipinski definition) is 0. The maximum Gasteiger partial charge on any atom is 0.418 e. The summed E-state index contributed by atoms with van der Waals surface area (Å²) < 4.78 is 42.5. The van der Waals surface area contributed by atoms with Crippen LogP contribution in [0.4, 0.5) is 13.2 Å². The van der Waals surface area contributed by atoms with Gasteiger partial charge in [0.15, 0.2) is 0 Å². The van der Waals surface area contributed by atoms with Crippen molar-refractivity contribution in [2.45, 2.75) is 6.18 Å². The summed E-state index contributed by atoms with van der Waals surface area (Å²) in [7, 11) is 0. The first kappa shape index (κ1) is 9.58. The molecule has 0 bridgehead atoms. The maximum absolute atomic E-state index is 12.6. The summed E-state index contributed by atoms with van der Waals surface area (Å²) in [6, 6.07) is 2.93. The molecular weight excluding hydrogens is 261 g/mol. The van der Waals surface area contributed by atoms with Gasteiger partial charge in [-0.25, -0.2) is 0 Å². The summed E-state index contributed by atoms with van der Waals surface area (Å²) in [5, 5.41) is 0.521. The van der Waals surface area contributed by atoms with Gasteiger partial charge in [0.25, 0.3) is 0 Å². The number of hydrogen-bond acceptors (Lipinski definition) is 1. The molecule has 5 heteroatoms. The van der Waals surface area contributed by atoms with Crippen LogP contribution in [0.3, 0.4) is 0 Å². The fourth-order valence-electron chi connectivity index (χ4n) is 1.30. The Hall–Kier alpha value is -0.970. The molecule has 0 amide bonds. The third-order valence-electron chi connectivity index (χ3n) is 1.89. The zero-order chi connectivity index (χ0) is 10.3. The number of benzene rings is 1. The van der Waals surface area contributed by atoms with E-state index in [4.69, 9.17) is 4.42 Å². The van der Waals surface area contributed by atoms with E-state index >= 15 is 0 Å². The van der Waals surface area contributed by atoms with E-state index in [0.29, 0.717) is 5.39 Å². The van der Waals surface area contributed by atoms with Gasteiger partial charge >= 0.3 is 6.18 Å². The van der Waals surface area contributed by atoms with Crippen LogP contribution in [0, 0.1) is 0 Å². The molecule has 0 radical (unpaired) electrons. The van der Waals surface area contributed by atoms with E-state index in [0.717, 1.165) is 6.26 Å². The SMILES string of the molecule is FC(F)(F)c1c(Br)ccc2cocc12. The van der Waals surface area contributed by atoms with Crippen molar-refractivity contribution in [1.82, 2.24) is 0 Å². The quantitative estimate of drug-likeness (QED) is 0.695. The number of alkyl halides is 3. The second-order valence-electron chi connectivity index (χ2n) is 2.79. The molecule has 14 heavy (non-hydrogen) atoms. The van der Waals surface area contributed by atoms with Gasteiger partial charge in [0.2, 0.25) is 0 Å². The van der Waals surface area contributed by atoms with E-state index in [1.807, 2.05) is 0 Å². The van der Waals surface area contributed by atoms with E-state index in [-0.39, 0.29) is 9.86 Å². The van der Waals surface area contributed by atoms with Crippen molar-refractivity contribution in [3.63, 3.8) is 0 Å². The third kappa shape index (κ3) is 1.41. The number of fused-ring (bicyclic) bond motifs is 1. The summed E-state index contributed by atoms with van der Waals surface area (Å²) in [5.41, 5.74) is -0.691. The lowest BCUT2D eigenvalue weighted by Crippen LogP contribution is -2.06. The van der Waals surface area contributed by atoms with Gasteiger partial charge in [0.05, 0.1) is 18.1 Å². The number of rotatable bonds is 0. The fraction of sp³-hybridized carbons (Fsp3) is 0.111. The lowest BCUT2D eigenvalue weighted by atomic mass is 10.1. The van der Waals surface area contributed by atoms with Crippen LogP contribution in [0.1, 0.15) is 5.56 Å². The van der Waals surface area contributed by atoms with Gasteiger partial charge in [-0.3, -0.25) is 0 Å². The van der Waals surface area contributed by atoms with Crippen LogP contribution in [0.25, 0.3) is 10.8 Å². The molecule has 1 aromatic carbocycles. The predicted octanol–water partition coefficient (Wildman–Crippen LogP) is 4.21. The second-order valence-corrected chi connectivity index (χ2v) is 3.65. The van der Waals surface area contributed by atoms with E-state index in [2.05, 4.69) is 15.9 Å².